The number of ketones is 1. The first-order chi connectivity index (χ1) is 9.29. The van der Waals surface area contributed by atoms with Gasteiger partial charge in [0.1, 0.15) is 0 Å². The summed E-state index contributed by atoms with van der Waals surface area (Å²) in [5.41, 5.74) is 4.99. The van der Waals surface area contributed by atoms with Gasteiger partial charge in [-0.15, -0.1) is 0 Å². The Morgan fingerprint density at radius 3 is 2.45 bits per heavy atom. The van der Waals surface area contributed by atoms with Crippen LogP contribution < -0.4 is 0 Å². The largest absolute Gasteiger partial charge is 0.294 e. The summed E-state index contributed by atoms with van der Waals surface area (Å²) in [4.78, 5) is 12.7. The summed E-state index contributed by atoms with van der Waals surface area (Å²) in [6, 6.07) is 8.65. The molecule has 1 unspecified atom stereocenters. The van der Waals surface area contributed by atoms with E-state index in [-0.39, 0.29) is 10.8 Å². The summed E-state index contributed by atoms with van der Waals surface area (Å²) in [6.45, 7) is 10.9. The average Bonchev–Trinajstić information content (AvgIpc) is 2.70. The number of carbonyl (C=O) groups excluding carboxylic acids is 1. The topological polar surface area (TPSA) is 17.1 Å². The first-order valence-corrected chi connectivity index (χ1v) is 7.64. The predicted octanol–water partition coefficient (Wildman–Crippen LogP) is 4.66. The molecule has 1 aromatic carbocycles. The van der Waals surface area contributed by atoms with Crippen molar-refractivity contribution in [1.82, 2.24) is 0 Å². The van der Waals surface area contributed by atoms with Crippen LogP contribution in [0.5, 0.6) is 0 Å². The Kier molecular flexibility index (Phi) is 2.77. The number of fused-ring (bicyclic) bond motifs is 3. The Bertz CT molecular complexity index is 618. The molecule has 2 aliphatic rings. The average molecular weight is 268 g/mol. The Balaban J connectivity index is 2.31. The Morgan fingerprint density at radius 1 is 1.15 bits per heavy atom. The number of rotatable bonds is 1. The van der Waals surface area contributed by atoms with Gasteiger partial charge in [-0.1, -0.05) is 52.0 Å². The van der Waals surface area contributed by atoms with Crippen LogP contribution in [0.3, 0.4) is 0 Å². The molecule has 2 aliphatic carbocycles. The number of allylic oxidation sites excluding steroid dienone is 2. The third kappa shape index (κ3) is 1.58. The van der Waals surface area contributed by atoms with Crippen molar-refractivity contribution in [3.05, 3.63) is 41.0 Å². The van der Waals surface area contributed by atoms with Crippen molar-refractivity contribution >= 4 is 11.4 Å². The number of benzene rings is 1. The van der Waals surface area contributed by atoms with E-state index in [0.29, 0.717) is 11.7 Å². The maximum atomic E-state index is 12.7. The van der Waals surface area contributed by atoms with Crippen molar-refractivity contribution in [3.63, 3.8) is 0 Å². The van der Waals surface area contributed by atoms with Crippen LogP contribution in [0, 0.1) is 16.7 Å². The highest BCUT2D eigenvalue weighted by molar-refractivity contribution is 6.09. The molecule has 3 rings (SSSR count). The van der Waals surface area contributed by atoms with E-state index in [2.05, 4.69) is 52.0 Å². The van der Waals surface area contributed by atoms with Crippen LogP contribution in [-0.4, -0.2) is 5.78 Å². The van der Waals surface area contributed by atoms with E-state index in [1.54, 1.807) is 0 Å². The minimum absolute atomic E-state index is 0.144. The molecular weight excluding hydrogens is 244 g/mol. The molecule has 1 nitrogen and oxygen atoms in total. The molecule has 20 heavy (non-hydrogen) atoms. The van der Waals surface area contributed by atoms with Crippen molar-refractivity contribution in [2.75, 3.05) is 0 Å². The molecule has 0 saturated carbocycles. The van der Waals surface area contributed by atoms with Gasteiger partial charge < -0.3 is 0 Å². The fourth-order valence-corrected chi connectivity index (χ4v) is 4.53. The van der Waals surface area contributed by atoms with E-state index in [1.807, 2.05) is 6.92 Å². The van der Waals surface area contributed by atoms with Crippen LogP contribution in [-0.2, 0) is 11.2 Å². The van der Waals surface area contributed by atoms with Crippen LogP contribution >= 0.6 is 0 Å². The minimum atomic E-state index is -0.236. The molecule has 0 amide bonds. The van der Waals surface area contributed by atoms with Gasteiger partial charge in [-0.2, -0.15) is 0 Å². The van der Waals surface area contributed by atoms with E-state index in [0.717, 1.165) is 18.4 Å². The lowest BCUT2D eigenvalue weighted by atomic mass is 9.57. The van der Waals surface area contributed by atoms with Gasteiger partial charge in [0.05, 0.1) is 0 Å². The van der Waals surface area contributed by atoms with E-state index in [9.17, 15) is 4.79 Å². The molecule has 0 bridgehead atoms. The smallest absolute Gasteiger partial charge is 0.164 e. The molecule has 1 aromatic rings. The highest BCUT2D eigenvalue weighted by atomic mass is 16.1. The second-order valence-corrected chi connectivity index (χ2v) is 7.53. The molecule has 0 N–H and O–H groups in total. The Morgan fingerprint density at radius 2 is 1.80 bits per heavy atom. The Labute approximate surface area is 122 Å². The van der Waals surface area contributed by atoms with Crippen molar-refractivity contribution in [3.8, 4) is 0 Å². The lowest BCUT2D eigenvalue weighted by Gasteiger charge is -2.46. The highest BCUT2D eigenvalue weighted by Crippen LogP contribution is 2.60. The zero-order valence-electron chi connectivity index (χ0n) is 13.2. The van der Waals surface area contributed by atoms with Gasteiger partial charge in [-0.05, 0) is 48.0 Å². The molecule has 106 valence electrons. The summed E-state index contributed by atoms with van der Waals surface area (Å²) < 4.78 is 0. The fourth-order valence-electron chi connectivity index (χ4n) is 4.53. The number of hydrogen-bond acceptors (Lipinski definition) is 1. The molecular formula is C19H24O. The van der Waals surface area contributed by atoms with Gasteiger partial charge >= 0.3 is 0 Å². The first kappa shape index (κ1) is 13.6. The van der Waals surface area contributed by atoms with Gasteiger partial charge in [0.15, 0.2) is 5.78 Å². The van der Waals surface area contributed by atoms with Crippen LogP contribution in [0.25, 0.3) is 5.57 Å². The summed E-state index contributed by atoms with van der Waals surface area (Å²) in [6.07, 6.45) is 2.06. The molecule has 0 aliphatic heterocycles. The van der Waals surface area contributed by atoms with E-state index < -0.39 is 0 Å². The van der Waals surface area contributed by atoms with Gasteiger partial charge in [0.2, 0.25) is 0 Å². The number of hydrogen-bond donors (Lipinski definition) is 0. The molecule has 0 saturated heterocycles. The summed E-state index contributed by atoms with van der Waals surface area (Å²) in [5, 5.41) is 0. The predicted molar refractivity (Wildman–Crippen MR) is 83.4 cm³/mol. The van der Waals surface area contributed by atoms with Gasteiger partial charge in [0.25, 0.3) is 0 Å². The summed E-state index contributed by atoms with van der Waals surface area (Å²) >= 11 is 0. The second kappa shape index (κ2) is 4.07. The highest BCUT2D eigenvalue weighted by Gasteiger charge is 2.53. The molecule has 1 heteroatoms. The number of Topliss-reactive ketones (excluding diaryl/α,β-unsaturated/α-hetero) is 1. The SMILES string of the molecule is CC1=C2c3ccccc3CC2(C(C)C)CC(C)(C)C1=O. The first-order valence-electron chi connectivity index (χ1n) is 7.64. The van der Waals surface area contributed by atoms with Crippen LogP contribution in [0.1, 0.15) is 52.2 Å². The molecule has 0 spiro atoms. The molecule has 0 aromatic heterocycles. The monoisotopic (exact) mass is 268 g/mol. The zero-order valence-corrected chi connectivity index (χ0v) is 13.2. The summed E-state index contributed by atoms with van der Waals surface area (Å²) in [5.74, 6) is 0.882. The third-order valence-electron chi connectivity index (χ3n) is 5.48. The van der Waals surface area contributed by atoms with Crippen LogP contribution in [0.4, 0.5) is 0 Å². The van der Waals surface area contributed by atoms with Crippen molar-refractivity contribution in [2.45, 2.75) is 47.5 Å². The number of carbonyl (C=O) groups is 1. The fraction of sp³-hybridized carbons (Fsp3) is 0.526. The zero-order chi connectivity index (χ0) is 14.7. The quantitative estimate of drug-likeness (QED) is 0.724. The molecule has 0 fully saturated rings. The maximum absolute atomic E-state index is 12.7. The third-order valence-corrected chi connectivity index (χ3v) is 5.48. The van der Waals surface area contributed by atoms with E-state index in [1.165, 1.54) is 16.7 Å². The van der Waals surface area contributed by atoms with Gasteiger partial charge in [-0.25, -0.2) is 0 Å². The van der Waals surface area contributed by atoms with Gasteiger partial charge in [-0.3, -0.25) is 4.79 Å². The van der Waals surface area contributed by atoms with Gasteiger partial charge in [0, 0.05) is 10.8 Å². The van der Waals surface area contributed by atoms with Crippen molar-refractivity contribution in [2.24, 2.45) is 16.7 Å². The Hall–Kier alpha value is -1.37. The maximum Gasteiger partial charge on any atom is 0.164 e. The second-order valence-electron chi connectivity index (χ2n) is 7.53. The molecule has 0 radical (unpaired) electrons. The summed E-state index contributed by atoms with van der Waals surface area (Å²) in [7, 11) is 0. The lowest BCUT2D eigenvalue weighted by molar-refractivity contribution is -0.125. The van der Waals surface area contributed by atoms with E-state index in [4.69, 9.17) is 0 Å². The normalized spacial score (nSPS) is 27.8. The molecule has 1 atom stereocenters. The minimum Gasteiger partial charge on any atom is -0.294 e. The van der Waals surface area contributed by atoms with E-state index >= 15 is 0 Å². The van der Waals surface area contributed by atoms with Crippen LogP contribution in [0.15, 0.2) is 29.8 Å². The molecule has 0 heterocycles. The van der Waals surface area contributed by atoms with Crippen LogP contribution in [0.2, 0.25) is 0 Å². The van der Waals surface area contributed by atoms with Crippen molar-refractivity contribution < 1.29 is 4.79 Å². The lowest BCUT2D eigenvalue weighted by Crippen LogP contribution is -2.42. The van der Waals surface area contributed by atoms with Crippen molar-refractivity contribution in [1.29, 1.82) is 0 Å². The standard InChI is InChI=1S/C19H24O/c1-12(2)19-10-14-8-6-7-9-15(14)16(19)13(3)17(20)18(4,5)11-19/h6-9,12H,10-11H2,1-5H3.